The minimum absolute atomic E-state index is 0.0792. The predicted octanol–water partition coefficient (Wildman–Crippen LogP) is 3.93. The van der Waals surface area contributed by atoms with E-state index in [0.717, 1.165) is 13.0 Å². The first-order valence-corrected chi connectivity index (χ1v) is 8.48. The molecule has 0 amide bonds. The van der Waals surface area contributed by atoms with Crippen molar-refractivity contribution in [3.05, 3.63) is 0 Å². The van der Waals surface area contributed by atoms with Crippen LogP contribution in [0.1, 0.15) is 66.2 Å². The summed E-state index contributed by atoms with van der Waals surface area (Å²) in [6.07, 6.45) is 7.32. The van der Waals surface area contributed by atoms with Crippen molar-refractivity contribution in [2.75, 3.05) is 19.6 Å². The number of aliphatic hydroxyl groups is 1. The van der Waals surface area contributed by atoms with Crippen molar-refractivity contribution < 1.29 is 5.11 Å². The molecule has 1 aliphatic rings. The van der Waals surface area contributed by atoms with E-state index < -0.39 is 0 Å². The second kappa shape index (κ2) is 8.97. The first-order valence-electron chi connectivity index (χ1n) is 8.48. The predicted molar refractivity (Wildman–Crippen MR) is 83.3 cm³/mol. The smallest absolute Gasteiger partial charge is 0.0585 e. The van der Waals surface area contributed by atoms with E-state index in [-0.39, 0.29) is 6.10 Å². The van der Waals surface area contributed by atoms with Gasteiger partial charge in [0.05, 0.1) is 6.10 Å². The van der Waals surface area contributed by atoms with Crippen molar-refractivity contribution in [3.8, 4) is 0 Å². The minimum atomic E-state index is -0.0792. The average Bonchev–Trinajstić information content (AvgIpc) is 2.35. The fourth-order valence-electron chi connectivity index (χ4n) is 3.53. The molecule has 19 heavy (non-hydrogen) atoms. The molecular formula is C17H35NO. The topological polar surface area (TPSA) is 23.5 Å². The van der Waals surface area contributed by atoms with Crippen molar-refractivity contribution in [1.82, 2.24) is 4.90 Å². The van der Waals surface area contributed by atoms with Gasteiger partial charge in [-0.1, -0.05) is 40.5 Å². The summed E-state index contributed by atoms with van der Waals surface area (Å²) >= 11 is 0. The van der Waals surface area contributed by atoms with Crippen LogP contribution in [-0.2, 0) is 0 Å². The van der Waals surface area contributed by atoms with Crippen LogP contribution in [0.2, 0.25) is 0 Å². The van der Waals surface area contributed by atoms with E-state index in [1.54, 1.807) is 0 Å². The van der Waals surface area contributed by atoms with E-state index in [4.69, 9.17) is 0 Å². The zero-order valence-electron chi connectivity index (χ0n) is 13.6. The Bertz CT molecular complexity index is 211. The lowest BCUT2D eigenvalue weighted by atomic mass is 9.73. The summed E-state index contributed by atoms with van der Waals surface area (Å²) in [4.78, 5) is 2.60. The Morgan fingerprint density at radius 1 is 1.00 bits per heavy atom. The molecule has 1 aliphatic carbocycles. The van der Waals surface area contributed by atoms with Crippen LogP contribution in [0.5, 0.6) is 0 Å². The fraction of sp³-hybridized carbons (Fsp3) is 1.00. The Morgan fingerprint density at radius 2 is 1.58 bits per heavy atom. The molecule has 4 unspecified atom stereocenters. The standard InChI is InChI=1S/C17H35NO/c1-5-7-9-18(10-8-6-2)13-16-15(4)11-14(3)12-17(16)19/h14-17,19H,5-13H2,1-4H3. The van der Waals surface area contributed by atoms with Crippen LogP contribution in [0, 0.1) is 17.8 Å². The molecule has 0 bridgehead atoms. The molecule has 0 aromatic rings. The summed E-state index contributed by atoms with van der Waals surface area (Å²) < 4.78 is 0. The van der Waals surface area contributed by atoms with Gasteiger partial charge in [-0.3, -0.25) is 0 Å². The van der Waals surface area contributed by atoms with E-state index >= 15 is 0 Å². The summed E-state index contributed by atoms with van der Waals surface area (Å²) in [7, 11) is 0. The molecule has 1 N–H and O–H groups in total. The summed E-state index contributed by atoms with van der Waals surface area (Å²) in [6, 6.07) is 0. The maximum absolute atomic E-state index is 10.4. The largest absolute Gasteiger partial charge is 0.393 e. The third-order valence-electron chi connectivity index (χ3n) is 4.77. The minimum Gasteiger partial charge on any atom is -0.393 e. The van der Waals surface area contributed by atoms with Gasteiger partial charge in [0.1, 0.15) is 0 Å². The maximum atomic E-state index is 10.4. The highest BCUT2D eigenvalue weighted by atomic mass is 16.3. The Balaban J connectivity index is 2.50. The average molecular weight is 269 g/mol. The van der Waals surface area contributed by atoms with Gasteiger partial charge in [-0.25, -0.2) is 0 Å². The Kier molecular flexibility index (Phi) is 8.01. The molecule has 0 radical (unpaired) electrons. The van der Waals surface area contributed by atoms with Gasteiger partial charge >= 0.3 is 0 Å². The van der Waals surface area contributed by atoms with Crippen LogP contribution in [0.3, 0.4) is 0 Å². The molecule has 114 valence electrons. The molecule has 1 saturated carbocycles. The molecular weight excluding hydrogens is 234 g/mol. The zero-order valence-corrected chi connectivity index (χ0v) is 13.6. The van der Waals surface area contributed by atoms with E-state index in [9.17, 15) is 5.11 Å². The van der Waals surface area contributed by atoms with Crippen LogP contribution in [0.25, 0.3) is 0 Å². The lowest BCUT2D eigenvalue weighted by molar-refractivity contribution is -0.00238. The molecule has 0 saturated heterocycles. The van der Waals surface area contributed by atoms with Crippen molar-refractivity contribution in [1.29, 1.82) is 0 Å². The molecule has 2 heteroatoms. The van der Waals surface area contributed by atoms with Gasteiger partial charge in [-0.05, 0) is 50.6 Å². The van der Waals surface area contributed by atoms with Crippen molar-refractivity contribution >= 4 is 0 Å². The molecule has 2 nitrogen and oxygen atoms in total. The highest BCUT2D eigenvalue weighted by Crippen LogP contribution is 2.34. The van der Waals surface area contributed by atoms with E-state index in [0.29, 0.717) is 17.8 Å². The number of hydrogen-bond acceptors (Lipinski definition) is 2. The second-order valence-electron chi connectivity index (χ2n) is 6.79. The van der Waals surface area contributed by atoms with Crippen molar-refractivity contribution in [2.45, 2.75) is 72.3 Å². The van der Waals surface area contributed by atoms with Crippen LogP contribution in [0.4, 0.5) is 0 Å². The Morgan fingerprint density at radius 3 is 2.05 bits per heavy atom. The lowest BCUT2D eigenvalue weighted by Gasteiger charge is -2.39. The highest BCUT2D eigenvalue weighted by molar-refractivity contribution is 4.84. The van der Waals surface area contributed by atoms with Gasteiger partial charge in [0.2, 0.25) is 0 Å². The first kappa shape index (κ1) is 17.0. The molecule has 0 aromatic heterocycles. The normalized spacial score (nSPS) is 31.9. The molecule has 0 aliphatic heterocycles. The lowest BCUT2D eigenvalue weighted by Crippen LogP contribution is -2.43. The second-order valence-corrected chi connectivity index (χ2v) is 6.79. The molecule has 0 spiro atoms. The Labute approximate surface area is 120 Å². The van der Waals surface area contributed by atoms with Crippen molar-refractivity contribution in [2.24, 2.45) is 17.8 Å². The number of aliphatic hydroxyl groups excluding tert-OH is 1. The number of rotatable bonds is 8. The third kappa shape index (κ3) is 5.83. The van der Waals surface area contributed by atoms with Gasteiger partial charge in [0, 0.05) is 12.5 Å². The summed E-state index contributed by atoms with van der Waals surface area (Å²) in [5, 5.41) is 10.4. The number of nitrogens with zero attached hydrogens (tertiary/aromatic N) is 1. The van der Waals surface area contributed by atoms with Crippen LogP contribution in [0.15, 0.2) is 0 Å². The zero-order chi connectivity index (χ0) is 14.3. The molecule has 1 fully saturated rings. The summed E-state index contributed by atoms with van der Waals surface area (Å²) in [6.45, 7) is 12.7. The molecule has 4 atom stereocenters. The van der Waals surface area contributed by atoms with E-state index in [1.165, 1.54) is 45.2 Å². The quantitative estimate of drug-likeness (QED) is 0.721. The van der Waals surface area contributed by atoms with Crippen LogP contribution in [-0.4, -0.2) is 35.7 Å². The highest BCUT2D eigenvalue weighted by Gasteiger charge is 2.33. The van der Waals surface area contributed by atoms with Gasteiger partial charge in [-0.15, -0.1) is 0 Å². The van der Waals surface area contributed by atoms with Crippen LogP contribution < -0.4 is 0 Å². The van der Waals surface area contributed by atoms with Gasteiger partial charge in [0.15, 0.2) is 0 Å². The third-order valence-corrected chi connectivity index (χ3v) is 4.77. The molecule has 0 aromatic carbocycles. The monoisotopic (exact) mass is 269 g/mol. The SMILES string of the molecule is CCCCN(CCCC)CC1C(C)CC(C)CC1O. The summed E-state index contributed by atoms with van der Waals surface area (Å²) in [5.41, 5.74) is 0. The van der Waals surface area contributed by atoms with E-state index in [2.05, 4.69) is 32.6 Å². The van der Waals surface area contributed by atoms with Crippen molar-refractivity contribution in [3.63, 3.8) is 0 Å². The van der Waals surface area contributed by atoms with Gasteiger partial charge < -0.3 is 10.0 Å². The maximum Gasteiger partial charge on any atom is 0.0585 e. The van der Waals surface area contributed by atoms with Crippen LogP contribution >= 0.6 is 0 Å². The number of hydrogen-bond donors (Lipinski definition) is 1. The number of unbranched alkanes of at least 4 members (excludes halogenated alkanes) is 2. The Hall–Kier alpha value is -0.0800. The van der Waals surface area contributed by atoms with Gasteiger partial charge in [-0.2, -0.15) is 0 Å². The van der Waals surface area contributed by atoms with E-state index in [1.807, 2.05) is 0 Å². The first-order chi connectivity index (χ1) is 9.08. The van der Waals surface area contributed by atoms with Gasteiger partial charge in [0.25, 0.3) is 0 Å². The molecule has 1 rings (SSSR count). The fourth-order valence-corrected chi connectivity index (χ4v) is 3.53. The summed E-state index contributed by atoms with van der Waals surface area (Å²) in [5.74, 6) is 1.86. The molecule has 0 heterocycles.